The van der Waals surface area contributed by atoms with Crippen molar-refractivity contribution in [3.8, 4) is 5.75 Å². The fourth-order valence-corrected chi connectivity index (χ4v) is 1.78. The lowest BCUT2D eigenvalue weighted by Gasteiger charge is -2.14. The van der Waals surface area contributed by atoms with Crippen molar-refractivity contribution in [3.05, 3.63) is 59.2 Å². The second-order valence-corrected chi connectivity index (χ2v) is 4.52. The van der Waals surface area contributed by atoms with E-state index in [4.69, 9.17) is 10.5 Å². The van der Waals surface area contributed by atoms with Crippen LogP contribution in [-0.2, 0) is 12.8 Å². The number of benzene rings is 2. The first kappa shape index (κ1) is 14.2. The van der Waals surface area contributed by atoms with E-state index >= 15 is 0 Å². The topological polar surface area (TPSA) is 35.2 Å². The first-order valence-corrected chi connectivity index (χ1v) is 6.01. The van der Waals surface area contributed by atoms with Crippen LogP contribution in [0.1, 0.15) is 16.7 Å². The monoisotopic (exact) mass is 281 g/mol. The van der Waals surface area contributed by atoms with Gasteiger partial charge in [0.25, 0.3) is 0 Å². The summed E-state index contributed by atoms with van der Waals surface area (Å²) >= 11 is 0. The van der Waals surface area contributed by atoms with Gasteiger partial charge in [-0.05, 0) is 31.2 Å². The van der Waals surface area contributed by atoms with E-state index < -0.39 is 11.7 Å². The summed E-state index contributed by atoms with van der Waals surface area (Å²) in [5, 5.41) is 0. The third-order valence-corrected chi connectivity index (χ3v) is 2.85. The summed E-state index contributed by atoms with van der Waals surface area (Å²) in [6.45, 7) is 1.77. The van der Waals surface area contributed by atoms with Crippen molar-refractivity contribution in [2.75, 3.05) is 5.73 Å². The molecule has 0 aliphatic carbocycles. The Labute approximate surface area is 115 Å². The Morgan fingerprint density at radius 3 is 2.30 bits per heavy atom. The van der Waals surface area contributed by atoms with Crippen LogP contribution in [0.5, 0.6) is 5.75 Å². The van der Waals surface area contributed by atoms with Gasteiger partial charge in [-0.3, -0.25) is 0 Å². The van der Waals surface area contributed by atoms with Crippen LogP contribution in [0.4, 0.5) is 18.9 Å². The lowest BCUT2D eigenvalue weighted by atomic mass is 10.1. The zero-order valence-electron chi connectivity index (χ0n) is 10.9. The van der Waals surface area contributed by atoms with Gasteiger partial charge < -0.3 is 10.5 Å². The van der Waals surface area contributed by atoms with E-state index in [0.717, 1.165) is 11.6 Å². The van der Waals surface area contributed by atoms with Gasteiger partial charge in [0.15, 0.2) is 0 Å². The zero-order chi connectivity index (χ0) is 14.8. The fraction of sp³-hybridized carbons (Fsp3) is 0.200. The number of alkyl halides is 3. The molecule has 0 unspecified atom stereocenters. The van der Waals surface area contributed by atoms with E-state index in [-0.39, 0.29) is 17.9 Å². The predicted octanol–water partition coefficient (Wildman–Crippen LogP) is 4.18. The molecule has 0 bridgehead atoms. The molecule has 106 valence electrons. The Kier molecular flexibility index (Phi) is 3.88. The molecule has 0 atom stereocenters. The minimum absolute atomic E-state index is 0.0623. The van der Waals surface area contributed by atoms with Crippen molar-refractivity contribution < 1.29 is 17.9 Å². The number of anilines is 1. The maximum absolute atomic E-state index is 12.9. The van der Waals surface area contributed by atoms with Crippen LogP contribution >= 0.6 is 0 Å². The van der Waals surface area contributed by atoms with E-state index in [1.807, 2.05) is 19.1 Å². The summed E-state index contributed by atoms with van der Waals surface area (Å²) < 4.78 is 44.1. The highest BCUT2D eigenvalue weighted by molar-refractivity contribution is 5.46. The van der Waals surface area contributed by atoms with Gasteiger partial charge in [0.2, 0.25) is 0 Å². The van der Waals surface area contributed by atoms with Gasteiger partial charge >= 0.3 is 6.18 Å². The van der Waals surface area contributed by atoms with Crippen LogP contribution in [0, 0.1) is 6.92 Å². The first-order chi connectivity index (χ1) is 9.36. The highest BCUT2D eigenvalue weighted by atomic mass is 19.4. The summed E-state index contributed by atoms with van der Waals surface area (Å²) in [5.74, 6) is 0.528. The third-order valence-electron chi connectivity index (χ3n) is 2.85. The van der Waals surface area contributed by atoms with Crippen molar-refractivity contribution in [2.24, 2.45) is 0 Å². The van der Waals surface area contributed by atoms with Crippen LogP contribution in [0.2, 0.25) is 0 Å². The molecular formula is C15H14F3NO. The standard InChI is InChI=1S/C15H14F3NO/c1-10-2-6-13(7-3-10)20-9-11-4-5-12(19)8-14(11)15(16,17)18/h2-8H,9,19H2,1H3. The fourth-order valence-electron chi connectivity index (χ4n) is 1.78. The van der Waals surface area contributed by atoms with E-state index in [0.29, 0.717) is 5.75 Å². The Bertz CT molecular complexity index is 591. The molecule has 0 aliphatic heterocycles. The minimum atomic E-state index is -4.44. The molecule has 0 radical (unpaired) electrons. The van der Waals surface area contributed by atoms with E-state index in [2.05, 4.69) is 0 Å². The van der Waals surface area contributed by atoms with E-state index in [1.165, 1.54) is 12.1 Å². The molecule has 0 amide bonds. The van der Waals surface area contributed by atoms with Crippen molar-refractivity contribution >= 4 is 5.69 Å². The van der Waals surface area contributed by atoms with E-state index in [9.17, 15) is 13.2 Å². The molecule has 0 spiro atoms. The smallest absolute Gasteiger partial charge is 0.416 e. The quantitative estimate of drug-likeness (QED) is 0.857. The van der Waals surface area contributed by atoms with Gasteiger partial charge in [0.05, 0.1) is 5.56 Å². The second kappa shape index (κ2) is 5.45. The molecule has 5 heteroatoms. The average molecular weight is 281 g/mol. The summed E-state index contributed by atoms with van der Waals surface area (Å²) in [6, 6.07) is 10.8. The zero-order valence-corrected chi connectivity index (χ0v) is 10.9. The average Bonchev–Trinajstić information content (AvgIpc) is 2.38. The lowest BCUT2D eigenvalue weighted by Crippen LogP contribution is -2.11. The SMILES string of the molecule is Cc1ccc(OCc2ccc(N)cc2C(F)(F)F)cc1. The first-order valence-electron chi connectivity index (χ1n) is 6.01. The van der Waals surface area contributed by atoms with Gasteiger partial charge in [0.1, 0.15) is 12.4 Å². The molecule has 2 aromatic rings. The number of halogens is 3. The minimum Gasteiger partial charge on any atom is -0.489 e. The van der Waals surface area contributed by atoms with E-state index in [1.54, 1.807) is 12.1 Å². The molecule has 0 fully saturated rings. The number of aryl methyl sites for hydroxylation is 1. The molecule has 0 saturated heterocycles. The number of nitrogens with two attached hydrogens (primary N) is 1. The van der Waals surface area contributed by atoms with Crippen LogP contribution in [0.15, 0.2) is 42.5 Å². The van der Waals surface area contributed by atoms with Gasteiger partial charge in [-0.1, -0.05) is 23.8 Å². The summed E-state index contributed by atoms with van der Waals surface area (Å²) in [6.07, 6.45) is -4.44. The Morgan fingerprint density at radius 2 is 1.70 bits per heavy atom. The molecule has 0 aliphatic rings. The molecular weight excluding hydrogens is 267 g/mol. The Morgan fingerprint density at radius 1 is 1.05 bits per heavy atom. The highest BCUT2D eigenvalue weighted by Gasteiger charge is 2.33. The molecule has 2 N–H and O–H groups in total. The molecule has 20 heavy (non-hydrogen) atoms. The molecule has 2 rings (SSSR count). The van der Waals surface area contributed by atoms with Crippen molar-refractivity contribution in [3.63, 3.8) is 0 Å². The maximum atomic E-state index is 12.9. The number of ether oxygens (including phenoxy) is 1. The summed E-state index contributed by atoms with van der Waals surface area (Å²) in [4.78, 5) is 0. The third kappa shape index (κ3) is 3.44. The second-order valence-electron chi connectivity index (χ2n) is 4.52. The normalized spacial score (nSPS) is 11.4. The number of nitrogen functional groups attached to an aromatic ring is 1. The largest absolute Gasteiger partial charge is 0.489 e. The molecule has 2 nitrogen and oxygen atoms in total. The number of hydrogen-bond acceptors (Lipinski definition) is 2. The van der Waals surface area contributed by atoms with Crippen molar-refractivity contribution in [2.45, 2.75) is 19.7 Å². The van der Waals surface area contributed by atoms with Crippen molar-refractivity contribution in [1.29, 1.82) is 0 Å². The van der Waals surface area contributed by atoms with Crippen molar-refractivity contribution in [1.82, 2.24) is 0 Å². The predicted molar refractivity (Wildman–Crippen MR) is 71.4 cm³/mol. The molecule has 0 aromatic heterocycles. The van der Waals surface area contributed by atoms with Gasteiger partial charge in [-0.15, -0.1) is 0 Å². The van der Waals surface area contributed by atoms with Crippen LogP contribution in [0.3, 0.4) is 0 Å². The maximum Gasteiger partial charge on any atom is 0.416 e. The van der Waals surface area contributed by atoms with Crippen LogP contribution < -0.4 is 10.5 Å². The highest BCUT2D eigenvalue weighted by Crippen LogP contribution is 2.33. The molecule has 2 aromatic carbocycles. The summed E-state index contributed by atoms with van der Waals surface area (Å²) in [7, 11) is 0. The van der Waals surface area contributed by atoms with Crippen LogP contribution in [0.25, 0.3) is 0 Å². The van der Waals surface area contributed by atoms with Gasteiger partial charge in [-0.2, -0.15) is 13.2 Å². The lowest BCUT2D eigenvalue weighted by molar-refractivity contribution is -0.138. The summed E-state index contributed by atoms with van der Waals surface area (Å²) in [5.41, 5.74) is 5.85. The number of hydrogen-bond donors (Lipinski definition) is 1. The van der Waals surface area contributed by atoms with Gasteiger partial charge in [-0.25, -0.2) is 0 Å². The number of rotatable bonds is 3. The Balaban J connectivity index is 2.19. The van der Waals surface area contributed by atoms with Crippen LogP contribution in [-0.4, -0.2) is 0 Å². The molecule has 0 saturated carbocycles. The molecule has 0 heterocycles. The van der Waals surface area contributed by atoms with Gasteiger partial charge in [0, 0.05) is 11.3 Å². The Hall–Kier alpha value is -2.17.